The van der Waals surface area contributed by atoms with Crippen molar-refractivity contribution in [1.82, 2.24) is 10.6 Å². The maximum Gasteiger partial charge on any atom is 0.315 e. The second-order valence-corrected chi connectivity index (χ2v) is 8.17. The van der Waals surface area contributed by atoms with Crippen LogP contribution in [0.25, 0.3) is 0 Å². The summed E-state index contributed by atoms with van der Waals surface area (Å²) in [4.78, 5) is 49.2. The molecule has 10 heteroatoms. The average Bonchev–Trinajstić information content (AvgIpc) is 3.29. The molecule has 2 unspecified atom stereocenters. The predicted molar refractivity (Wildman–Crippen MR) is 128 cm³/mol. The molecule has 0 spiro atoms. The Bertz CT molecular complexity index is 1100. The number of carboxylic acid groups (broad SMARTS) is 1. The molecule has 0 radical (unpaired) electrons. The van der Waals surface area contributed by atoms with Crippen molar-refractivity contribution in [1.29, 1.82) is 0 Å². The third-order valence-electron chi connectivity index (χ3n) is 5.52. The molecule has 3 rings (SSSR count). The van der Waals surface area contributed by atoms with Crippen molar-refractivity contribution in [2.45, 2.75) is 51.6 Å². The van der Waals surface area contributed by atoms with Crippen LogP contribution in [0.1, 0.15) is 61.5 Å². The van der Waals surface area contributed by atoms with E-state index < -0.39 is 30.0 Å². The van der Waals surface area contributed by atoms with Crippen LogP contribution in [-0.4, -0.2) is 41.6 Å². The quantitative estimate of drug-likeness (QED) is 0.357. The number of hydrogen-bond donors (Lipinski definition) is 4. The number of amides is 3. The highest BCUT2D eigenvalue weighted by atomic mass is 16.7. The fourth-order valence-electron chi connectivity index (χ4n) is 3.71. The molecule has 2 aromatic carbocycles. The minimum absolute atomic E-state index is 0.0667. The van der Waals surface area contributed by atoms with Gasteiger partial charge in [-0.05, 0) is 43.2 Å². The number of anilines is 1. The van der Waals surface area contributed by atoms with Gasteiger partial charge in [0.1, 0.15) is 6.04 Å². The van der Waals surface area contributed by atoms with Gasteiger partial charge in [0.2, 0.25) is 12.7 Å². The molecule has 1 aliphatic heterocycles. The lowest BCUT2D eigenvalue weighted by Gasteiger charge is -2.22. The number of para-hydroxylation sites is 1. The van der Waals surface area contributed by atoms with E-state index in [0.29, 0.717) is 41.2 Å². The first-order chi connectivity index (χ1) is 16.8. The van der Waals surface area contributed by atoms with Crippen LogP contribution in [0.4, 0.5) is 10.5 Å². The molecule has 2 aromatic rings. The van der Waals surface area contributed by atoms with E-state index in [1.165, 1.54) is 6.92 Å². The predicted octanol–water partition coefficient (Wildman–Crippen LogP) is 3.63. The molecule has 2 atom stereocenters. The van der Waals surface area contributed by atoms with E-state index >= 15 is 0 Å². The Hall–Kier alpha value is -4.08. The molecule has 0 saturated carbocycles. The van der Waals surface area contributed by atoms with Crippen molar-refractivity contribution in [2.75, 3.05) is 12.1 Å². The first-order valence-corrected chi connectivity index (χ1v) is 11.4. The zero-order valence-corrected chi connectivity index (χ0v) is 19.6. The van der Waals surface area contributed by atoms with Gasteiger partial charge in [-0.25, -0.2) is 4.79 Å². The number of benzene rings is 2. The van der Waals surface area contributed by atoms with E-state index in [1.54, 1.807) is 42.5 Å². The standard InChI is InChI=1S/C25H29N3O7/c1-3-4-8-19(24(32)26-18-9-6-5-7-17(18)15(2)29)27-25(33)28-20(13-23(30)31)16-10-11-21-22(12-16)35-14-34-21/h5-7,9-12,19-20H,3-4,8,13-14H2,1-2H3,(H,26,32)(H,30,31)(H2,27,28,33). The van der Waals surface area contributed by atoms with Gasteiger partial charge in [0.25, 0.3) is 0 Å². The van der Waals surface area contributed by atoms with E-state index in [-0.39, 0.29) is 19.0 Å². The smallest absolute Gasteiger partial charge is 0.315 e. The topological polar surface area (TPSA) is 143 Å². The summed E-state index contributed by atoms with van der Waals surface area (Å²) in [6.07, 6.45) is 1.47. The number of carboxylic acids is 1. The molecule has 1 heterocycles. The van der Waals surface area contributed by atoms with Gasteiger partial charge in [-0.3, -0.25) is 14.4 Å². The van der Waals surface area contributed by atoms with Crippen molar-refractivity contribution in [3.05, 3.63) is 53.6 Å². The van der Waals surface area contributed by atoms with Crippen LogP contribution in [0.2, 0.25) is 0 Å². The van der Waals surface area contributed by atoms with E-state index in [9.17, 15) is 24.3 Å². The summed E-state index contributed by atoms with van der Waals surface area (Å²) in [7, 11) is 0. The fraction of sp³-hybridized carbons (Fsp3) is 0.360. The van der Waals surface area contributed by atoms with Crippen LogP contribution in [-0.2, 0) is 9.59 Å². The lowest BCUT2D eigenvalue weighted by atomic mass is 10.0. The highest BCUT2D eigenvalue weighted by Crippen LogP contribution is 2.34. The summed E-state index contributed by atoms with van der Waals surface area (Å²) in [6, 6.07) is 9.11. The minimum atomic E-state index is -1.10. The van der Waals surface area contributed by atoms with Gasteiger partial charge in [-0.1, -0.05) is 38.0 Å². The lowest BCUT2D eigenvalue weighted by molar-refractivity contribution is -0.137. The number of aliphatic carboxylic acids is 1. The molecule has 0 aliphatic carbocycles. The number of ether oxygens (including phenoxy) is 2. The maximum absolute atomic E-state index is 13.0. The number of unbranched alkanes of at least 4 members (excludes halogenated alkanes) is 1. The summed E-state index contributed by atoms with van der Waals surface area (Å²) >= 11 is 0. The van der Waals surface area contributed by atoms with Gasteiger partial charge in [0.15, 0.2) is 17.3 Å². The number of carbonyl (C=O) groups excluding carboxylic acids is 3. The van der Waals surface area contributed by atoms with Crippen LogP contribution in [0.15, 0.2) is 42.5 Å². The van der Waals surface area contributed by atoms with Gasteiger partial charge >= 0.3 is 12.0 Å². The van der Waals surface area contributed by atoms with Crippen molar-refractivity contribution in [3.63, 3.8) is 0 Å². The van der Waals surface area contributed by atoms with Crippen LogP contribution in [0.3, 0.4) is 0 Å². The molecule has 1 aliphatic rings. The van der Waals surface area contributed by atoms with Crippen molar-refractivity contribution >= 4 is 29.4 Å². The van der Waals surface area contributed by atoms with Gasteiger partial charge in [0.05, 0.1) is 18.2 Å². The van der Waals surface area contributed by atoms with E-state index in [1.807, 2.05) is 6.92 Å². The van der Waals surface area contributed by atoms with Crippen molar-refractivity contribution in [3.8, 4) is 11.5 Å². The third kappa shape index (κ3) is 6.95. The zero-order chi connectivity index (χ0) is 25.4. The van der Waals surface area contributed by atoms with E-state index in [4.69, 9.17) is 9.47 Å². The van der Waals surface area contributed by atoms with Gasteiger partial charge < -0.3 is 30.5 Å². The number of ketones is 1. The van der Waals surface area contributed by atoms with Crippen molar-refractivity contribution < 1.29 is 33.8 Å². The van der Waals surface area contributed by atoms with Crippen LogP contribution >= 0.6 is 0 Å². The Labute approximate surface area is 203 Å². The Balaban J connectivity index is 1.73. The Morgan fingerprint density at radius 2 is 1.77 bits per heavy atom. The number of hydrogen-bond acceptors (Lipinski definition) is 6. The highest BCUT2D eigenvalue weighted by molar-refractivity contribution is 6.05. The molecule has 0 fully saturated rings. The summed E-state index contributed by atoms with van der Waals surface area (Å²) in [5.74, 6) is -0.773. The van der Waals surface area contributed by atoms with Gasteiger partial charge in [0, 0.05) is 5.56 Å². The molecule has 186 valence electrons. The molecule has 3 amide bonds. The molecule has 35 heavy (non-hydrogen) atoms. The normalized spacial score (nSPS) is 13.4. The number of Topliss-reactive ketones (excluding diaryl/α,β-unsaturated/α-hetero) is 1. The van der Waals surface area contributed by atoms with Crippen molar-refractivity contribution in [2.24, 2.45) is 0 Å². The van der Waals surface area contributed by atoms with Gasteiger partial charge in [-0.2, -0.15) is 0 Å². The zero-order valence-electron chi connectivity index (χ0n) is 19.6. The van der Waals surface area contributed by atoms with Crippen LogP contribution in [0.5, 0.6) is 11.5 Å². The summed E-state index contributed by atoms with van der Waals surface area (Å²) < 4.78 is 10.6. The number of carbonyl (C=O) groups is 4. The number of rotatable bonds is 11. The number of urea groups is 1. The third-order valence-corrected chi connectivity index (χ3v) is 5.52. The average molecular weight is 484 g/mol. The highest BCUT2D eigenvalue weighted by Gasteiger charge is 2.25. The first kappa shape index (κ1) is 25.5. The second kappa shape index (κ2) is 11.9. The fourth-order valence-corrected chi connectivity index (χ4v) is 3.71. The molecule has 0 aromatic heterocycles. The van der Waals surface area contributed by atoms with Gasteiger partial charge in [-0.15, -0.1) is 0 Å². The minimum Gasteiger partial charge on any atom is -0.481 e. The summed E-state index contributed by atoms with van der Waals surface area (Å²) in [6.45, 7) is 3.43. The molecular weight excluding hydrogens is 454 g/mol. The molecule has 0 bridgehead atoms. The molecule has 4 N–H and O–H groups in total. The number of fused-ring (bicyclic) bond motifs is 1. The van der Waals surface area contributed by atoms with E-state index in [0.717, 1.165) is 6.42 Å². The summed E-state index contributed by atoms with van der Waals surface area (Å²) in [5.41, 5.74) is 1.25. The number of nitrogens with one attached hydrogen (secondary N) is 3. The van der Waals surface area contributed by atoms with E-state index in [2.05, 4.69) is 16.0 Å². The SMILES string of the molecule is CCCCC(NC(=O)NC(CC(=O)O)c1ccc2c(c1)OCO2)C(=O)Nc1ccccc1C(C)=O. The Morgan fingerprint density at radius 3 is 2.49 bits per heavy atom. The monoisotopic (exact) mass is 483 g/mol. The molecular formula is C25H29N3O7. The molecule has 10 nitrogen and oxygen atoms in total. The second-order valence-electron chi connectivity index (χ2n) is 8.17. The maximum atomic E-state index is 13.0. The Morgan fingerprint density at radius 1 is 1.03 bits per heavy atom. The first-order valence-electron chi connectivity index (χ1n) is 11.4. The molecule has 0 saturated heterocycles. The van der Waals surface area contributed by atoms with Crippen LogP contribution in [0, 0.1) is 0 Å². The summed E-state index contributed by atoms with van der Waals surface area (Å²) in [5, 5.41) is 17.4. The lowest BCUT2D eigenvalue weighted by Crippen LogP contribution is -2.49. The Kier molecular flexibility index (Phi) is 8.66. The van der Waals surface area contributed by atoms with Crippen LogP contribution < -0.4 is 25.4 Å². The largest absolute Gasteiger partial charge is 0.481 e.